The number of nitrogens with zero attached hydrogens (tertiary/aromatic N) is 1. The van der Waals surface area contributed by atoms with E-state index in [0.29, 0.717) is 25.9 Å². The quantitative estimate of drug-likeness (QED) is 0.197. The smallest absolute Gasteiger partial charge is 0.303 e. The molecule has 1 aromatic rings. The molecule has 0 aliphatic carbocycles. The van der Waals surface area contributed by atoms with Crippen molar-refractivity contribution in [1.82, 2.24) is 10.2 Å². The Morgan fingerprint density at radius 1 is 0.952 bits per heavy atom. The molecule has 2 rings (SSSR count). The molecule has 0 saturated carbocycles. The Hall–Kier alpha value is -3.73. The van der Waals surface area contributed by atoms with Crippen LogP contribution in [0.2, 0.25) is 0 Å². The van der Waals surface area contributed by atoms with Gasteiger partial charge in [0, 0.05) is 41.0 Å². The van der Waals surface area contributed by atoms with E-state index in [2.05, 4.69) is 5.32 Å². The maximum Gasteiger partial charge on any atom is 0.303 e. The van der Waals surface area contributed by atoms with Gasteiger partial charge in [-0.3, -0.25) is 24.0 Å². The van der Waals surface area contributed by atoms with Crippen LogP contribution in [-0.2, 0) is 49.5 Å². The largest absolute Gasteiger partial charge is 0.455 e. The predicted molar refractivity (Wildman–Crippen MR) is 154 cm³/mol. The lowest BCUT2D eigenvalue weighted by Gasteiger charge is -2.34. The molecule has 0 aromatic heterocycles. The van der Waals surface area contributed by atoms with Crippen LogP contribution in [0.4, 0.5) is 0 Å². The van der Waals surface area contributed by atoms with Crippen LogP contribution in [-0.4, -0.2) is 78.7 Å². The summed E-state index contributed by atoms with van der Waals surface area (Å²) < 4.78 is 22.0. The first-order chi connectivity index (χ1) is 20.0. The summed E-state index contributed by atoms with van der Waals surface area (Å²) >= 11 is 0. The van der Waals surface area contributed by atoms with Crippen molar-refractivity contribution in [1.29, 1.82) is 0 Å². The van der Waals surface area contributed by atoms with E-state index in [9.17, 15) is 24.0 Å². The van der Waals surface area contributed by atoms with Crippen molar-refractivity contribution in [2.45, 2.75) is 97.3 Å². The van der Waals surface area contributed by atoms with Crippen LogP contribution in [0.5, 0.6) is 0 Å². The fourth-order valence-electron chi connectivity index (χ4n) is 4.69. The number of carbonyl (C=O) groups excluding carboxylic acids is 5. The number of hydrogen-bond acceptors (Lipinski definition) is 9. The highest BCUT2D eigenvalue weighted by molar-refractivity contribution is 5.90. The van der Waals surface area contributed by atoms with Crippen LogP contribution in [0.15, 0.2) is 42.5 Å². The van der Waals surface area contributed by atoms with Gasteiger partial charge in [0.15, 0.2) is 24.4 Å². The molecule has 42 heavy (non-hydrogen) atoms. The fourth-order valence-corrected chi connectivity index (χ4v) is 4.69. The van der Waals surface area contributed by atoms with Gasteiger partial charge < -0.3 is 29.2 Å². The van der Waals surface area contributed by atoms with Gasteiger partial charge in [0.25, 0.3) is 5.91 Å². The minimum atomic E-state index is -1.51. The van der Waals surface area contributed by atoms with Crippen molar-refractivity contribution in [3.63, 3.8) is 0 Å². The van der Waals surface area contributed by atoms with Crippen molar-refractivity contribution < 1.29 is 42.9 Å². The molecule has 0 radical (unpaired) electrons. The Labute approximate surface area is 247 Å². The van der Waals surface area contributed by atoms with Gasteiger partial charge in [-0.25, -0.2) is 0 Å². The van der Waals surface area contributed by atoms with Gasteiger partial charge in [-0.05, 0) is 36.8 Å². The standard InChI is InChI=1S/C31H44N2O9/c1-7-20(2)16-17-26(40-21(3)34)27(41-22(4)35)28(42-23(5)36)29(39-6)30(37)32-25-15-11-12-18-33(31(25)38)19-24-13-9-8-10-14-24/h8-10,13-14,16-17,20,25-29H,7,11-12,15,18-19H2,1-6H3,(H,32,37)/b17-16+/t20?,25-,26?,27-,28+,29+/m0/s1. The maximum atomic E-state index is 13.7. The number of esters is 3. The molecule has 1 saturated heterocycles. The van der Waals surface area contributed by atoms with E-state index in [1.165, 1.54) is 14.0 Å². The molecule has 232 valence electrons. The molecular formula is C31H44N2O9. The molecule has 1 aliphatic rings. The van der Waals surface area contributed by atoms with Gasteiger partial charge in [-0.2, -0.15) is 0 Å². The van der Waals surface area contributed by atoms with Crippen molar-refractivity contribution in [3.05, 3.63) is 48.0 Å². The molecule has 11 heteroatoms. The highest BCUT2D eigenvalue weighted by Gasteiger charge is 2.45. The second-order valence-electron chi connectivity index (χ2n) is 10.5. The van der Waals surface area contributed by atoms with Crippen molar-refractivity contribution >= 4 is 29.7 Å². The maximum absolute atomic E-state index is 13.7. The van der Waals surface area contributed by atoms with Crippen LogP contribution in [0.3, 0.4) is 0 Å². The zero-order chi connectivity index (χ0) is 31.2. The van der Waals surface area contributed by atoms with Crippen LogP contribution >= 0.6 is 0 Å². The first-order valence-corrected chi connectivity index (χ1v) is 14.3. The summed E-state index contributed by atoms with van der Waals surface area (Å²) in [4.78, 5) is 65.3. The molecule has 2 unspecified atom stereocenters. The summed E-state index contributed by atoms with van der Waals surface area (Å²) in [7, 11) is 1.23. The molecule has 11 nitrogen and oxygen atoms in total. The lowest BCUT2D eigenvalue weighted by atomic mass is 9.98. The van der Waals surface area contributed by atoms with Gasteiger partial charge in [0.2, 0.25) is 5.91 Å². The van der Waals surface area contributed by atoms with Gasteiger partial charge in [-0.15, -0.1) is 0 Å². The number of ether oxygens (including phenoxy) is 4. The molecule has 1 fully saturated rings. The van der Waals surface area contributed by atoms with E-state index in [0.717, 1.165) is 32.3 Å². The lowest BCUT2D eigenvalue weighted by molar-refractivity contribution is -0.192. The van der Waals surface area contributed by atoms with Crippen molar-refractivity contribution in [2.24, 2.45) is 5.92 Å². The third kappa shape index (κ3) is 10.9. The van der Waals surface area contributed by atoms with E-state index in [1.807, 2.05) is 44.2 Å². The summed E-state index contributed by atoms with van der Waals surface area (Å²) in [6, 6.07) is 8.71. The number of allylic oxidation sites excluding steroid dienone is 1. The van der Waals surface area contributed by atoms with Gasteiger partial charge in [-0.1, -0.05) is 56.7 Å². The highest BCUT2D eigenvalue weighted by Crippen LogP contribution is 2.22. The first kappa shape index (κ1) is 34.5. The predicted octanol–water partition coefficient (Wildman–Crippen LogP) is 3.10. The third-order valence-electron chi connectivity index (χ3n) is 6.95. The number of hydrogen-bond donors (Lipinski definition) is 1. The number of benzene rings is 1. The Bertz CT molecular complexity index is 1090. The zero-order valence-corrected chi connectivity index (χ0v) is 25.4. The molecule has 0 spiro atoms. The van der Waals surface area contributed by atoms with Gasteiger partial charge in [0.05, 0.1) is 0 Å². The topological polar surface area (TPSA) is 138 Å². The Morgan fingerprint density at radius 3 is 2.14 bits per heavy atom. The van der Waals surface area contributed by atoms with E-state index in [4.69, 9.17) is 18.9 Å². The number of nitrogens with one attached hydrogen (secondary N) is 1. The molecule has 1 aliphatic heterocycles. The second-order valence-corrected chi connectivity index (χ2v) is 10.5. The molecule has 1 aromatic carbocycles. The SMILES string of the molecule is CCC(C)/C=C/C(OC(C)=O)[C@H](OC(C)=O)[C@@H](OC(C)=O)[C@@H](OC)C(=O)N[C@H]1CCCCN(Cc2ccccc2)C1=O. The number of carbonyl (C=O) groups is 5. The lowest BCUT2D eigenvalue weighted by Crippen LogP contribution is -2.58. The fraction of sp³-hybridized carbons (Fsp3) is 0.581. The molecule has 6 atom stereocenters. The third-order valence-corrected chi connectivity index (χ3v) is 6.95. The summed E-state index contributed by atoms with van der Waals surface area (Å²) in [5.74, 6) is -3.10. The Balaban J connectivity index is 2.39. The summed E-state index contributed by atoms with van der Waals surface area (Å²) in [6.07, 6.45) is 0.356. The number of likely N-dealkylation sites (tertiary alicyclic amines) is 1. The van der Waals surface area contributed by atoms with Gasteiger partial charge in [0.1, 0.15) is 6.04 Å². The van der Waals surface area contributed by atoms with E-state index < -0.39 is 54.3 Å². The van der Waals surface area contributed by atoms with Crippen LogP contribution in [0.25, 0.3) is 0 Å². The van der Waals surface area contributed by atoms with Crippen LogP contribution in [0.1, 0.15) is 65.9 Å². The summed E-state index contributed by atoms with van der Waals surface area (Å²) in [5.41, 5.74) is 0.966. The van der Waals surface area contributed by atoms with E-state index in [-0.39, 0.29) is 11.8 Å². The summed E-state index contributed by atoms with van der Waals surface area (Å²) in [6.45, 7) is 8.34. The average Bonchev–Trinajstić information content (AvgIpc) is 3.10. The van der Waals surface area contributed by atoms with Crippen molar-refractivity contribution in [2.75, 3.05) is 13.7 Å². The normalized spacial score (nSPS) is 19.1. The minimum absolute atomic E-state index is 0.0924. The van der Waals surface area contributed by atoms with Crippen LogP contribution in [0, 0.1) is 5.92 Å². The average molecular weight is 589 g/mol. The Kier molecular flexibility index (Phi) is 14.2. The van der Waals surface area contributed by atoms with Crippen LogP contribution < -0.4 is 5.32 Å². The summed E-state index contributed by atoms with van der Waals surface area (Å²) in [5, 5.41) is 2.76. The Morgan fingerprint density at radius 2 is 1.57 bits per heavy atom. The molecular weight excluding hydrogens is 544 g/mol. The molecule has 0 bridgehead atoms. The monoisotopic (exact) mass is 588 g/mol. The number of rotatable bonds is 14. The van der Waals surface area contributed by atoms with E-state index >= 15 is 0 Å². The second kappa shape index (κ2) is 17.3. The zero-order valence-electron chi connectivity index (χ0n) is 25.4. The number of amides is 2. The van der Waals surface area contributed by atoms with Crippen molar-refractivity contribution in [3.8, 4) is 0 Å². The van der Waals surface area contributed by atoms with E-state index in [1.54, 1.807) is 17.1 Å². The molecule has 2 amide bonds. The molecule has 1 N–H and O–H groups in total. The first-order valence-electron chi connectivity index (χ1n) is 14.3. The number of methoxy groups -OCH3 is 1. The van der Waals surface area contributed by atoms with Gasteiger partial charge >= 0.3 is 17.9 Å². The molecule has 1 heterocycles. The highest BCUT2D eigenvalue weighted by atomic mass is 16.6. The minimum Gasteiger partial charge on any atom is -0.455 e.